The lowest BCUT2D eigenvalue weighted by Crippen LogP contribution is -1.98. The maximum absolute atomic E-state index is 13.2. The lowest BCUT2D eigenvalue weighted by Gasteiger charge is -2.10. The van der Waals surface area contributed by atoms with Crippen LogP contribution in [0.4, 0.5) is 4.39 Å². The molecule has 1 atom stereocenters. The molecule has 0 saturated heterocycles. The highest BCUT2D eigenvalue weighted by Gasteiger charge is 2.22. The van der Waals surface area contributed by atoms with Crippen molar-refractivity contribution in [2.24, 2.45) is 5.92 Å². The van der Waals surface area contributed by atoms with Crippen LogP contribution in [-0.4, -0.2) is 5.11 Å². The minimum absolute atomic E-state index is 0.307. The molecule has 1 saturated carbocycles. The van der Waals surface area contributed by atoms with E-state index < -0.39 is 6.10 Å². The fourth-order valence-corrected chi connectivity index (χ4v) is 1.93. The molecule has 1 N–H and O–H groups in total. The van der Waals surface area contributed by atoms with Crippen molar-refractivity contribution in [1.82, 2.24) is 0 Å². The van der Waals surface area contributed by atoms with E-state index in [-0.39, 0.29) is 5.82 Å². The van der Waals surface area contributed by atoms with E-state index in [1.54, 1.807) is 12.1 Å². The van der Waals surface area contributed by atoms with Crippen LogP contribution in [0, 0.1) is 11.7 Å². The summed E-state index contributed by atoms with van der Waals surface area (Å²) in [5, 5.41) is 9.83. The Bertz CT molecular complexity index is 349. The third kappa shape index (κ3) is 3.02. The first-order chi connectivity index (χ1) is 7.16. The molecule has 1 fully saturated rings. The molecule has 0 aliphatic heterocycles. The van der Waals surface area contributed by atoms with E-state index >= 15 is 0 Å². The van der Waals surface area contributed by atoms with Crippen LogP contribution in [0.5, 0.6) is 0 Å². The molecule has 15 heavy (non-hydrogen) atoms. The molecule has 0 spiro atoms. The summed E-state index contributed by atoms with van der Waals surface area (Å²) in [5.74, 6) is 0.498. The molecule has 82 valence electrons. The second-order valence-corrected chi connectivity index (χ2v) is 5.06. The monoisotopic (exact) mass is 272 g/mol. The Morgan fingerprint density at radius 2 is 2.20 bits per heavy atom. The largest absolute Gasteiger partial charge is 0.388 e. The van der Waals surface area contributed by atoms with E-state index in [1.807, 2.05) is 0 Å². The third-order valence-corrected chi connectivity index (χ3v) is 3.52. The Kier molecular flexibility index (Phi) is 3.42. The Morgan fingerprint density at radius 1 is 1.47 bits per heavy atom. The molecule has 1 aromatic carbocycles. The molecule has 0 amide bonds. The summed E-state index contributed by atoms with van der Waals surface area (Å²) in [6, 6.07) is 4.82. The fraction of sp³-hybridized carbons (Fsp3) is 0.500. The van der Waals surface area contributed by atoms with Gasteiger partial charge in [0, 0.05) is 0 Å². The summed E-state index contributed by atoms with van der Waals surface area (Å²) in [4.78, 5) is 0. The Hall–Kier alpha value is -0.410. The van der Waals surface area contributed by atoms with Crippen molar-refractivity contribution in [3.05, 3.63) is 34.1 Å². The standard InChI is InChI=1S/C12H14BrFO/c13-10-5-4-9(7-11(10)14)12(15)6-3-8-1-2-8/h4-5,7-8,12,15H,1-3,6H2. The summed E-state index contributed by atoms with van der Waals surface area (Å²) >= 11 is 3.09. The van der Waals surface area contributed by atoms with E-state index in [1.165, 1.54) is 18.9 Å². The predicted molar refractivity (Wildman–Crippen MR) is 61.0 cm³/mol. The van der Waals surface area contributed by atoms with Crippen LogP contribution in [0.15, 0.2) is 22.7 Å². The van der Waals surface area contributed by atoms with Gasteiger partial charge in [-0.15, -0.1) is 0 Å². The zero-order valence-electron chi connectivity index (χ0n) is 8.42. The Labute approximate surface area is 97.4 Å². The number of aliphatic hydroxyl groups excluding tert-OH is 1. The highest BCUT2D eigenvalue weighted by Crippen LogP contribution is 2.36. The van der Waals surface area contributed by atoms with E-state index in [4.69, 9.17) is 0 Å². The Balaban J connectivity index is 1.97. The van der Waals surface area contributed by atoms with Crippen molar-refractivity contribution >= 4 is 15.9 Å². The van der Waals surface area contributed by atoms with Gasteiger partial charge in [-0.1, -0.05) is 18.9 Å². The van der Waals surface area contributed by atoms with Gasteiger partial charge in [-0.05, 0) is 52.4 Å². The van der Waals surface area contributed by atoms with E-state index in [9.17, 15) is 9.50 Å². The Morgan fingerprint density at radius 3 is 2.80 bits per heavy atom. The molecule has 1 aliphatic rings. The molecular weight excluding hydrogens is 259 g/mol. The van der Waals surface area contributed by atoms with Gasteiger partial charge < -0.3 is 5.11 Å². The van der Waals surface area contributed by atoms with Crippen LogP contribution < -0.4 is 0 Å². The number of hydrogen-bond donors (Lipinski definition) is 1. The van der Waals surface area contributed by atoms with Gasteiger partial charge in [0.25, 0.3) is 0 Å². The first kappa shape index (κ1) is 11.1. The summed E-state index contributed by atoms with van der Waals surface area (Å²) in [5.41, 5.74) is 0.677. The SMILES string of the molecule is OC(CCC1CC1)c1ccc(Br)c(F)c1. The zero-order valence-corrected chi connectivity index (χ0v) is 10.0. The fourth-order valence-electron chi connectivity index (χ4n) is 1.69. The van der Waals surface area contributed by atoms with Crippen LogP contribution >= 0.6 is 15.9 Å². The normalized spacial score (nSPS) is 17.8. The summed E-state index contributed by atoms with van der Waals surface area (Å²) < 4.78 is 13.6. The maximum atomic E-state index is 13.2. The number of halogens is 2. The average molecular weight is 273 g/mol. The second kappa shape index (κ2) is 4.62. The molecule has 2 rings (SSSR count). The van der Waals surface area contributed by atoms with Gasteiger partial charge in [-0.3, -0.25) is 0 Å². The van der Waals surface area contributed by atoms with Gasteiger partial charge in [0.1, 0.15) is 5.82 Å². The van der Waals surface area contributed by atoms with Gasteiger partial charge in [0.15, 0.2) is 0 Å². The number of rotatable bonds is 4. The number of hydrogen-bond acceptors (Lipinski definition) is 1. The molecule has 1 aromatic rings. The third-order valence-electron chi connectivity index (χ3n) is 2.87. The highest BCUT2D eigenvalue weighted by molar-refractivity contribution is 9.10. The van der Waals surface area contributed by atoms with Crippen molar-refractivity contribution < 1.29 is 9.50 Å². The van der Waals surface area contributed by atoms with Crippen LogP contribution in [0.3, 0.4) is 0 Å². The maximum Gasteiger partial charge on any atom is 0.137 e. The van der Waals surface area contributed by atoms with Crippen LogP contribution in [0.1, 0.15) is 37.4 Å². The molecule has 0 bridgehead atoms. The van der Waals surface area contributed by atoms with Crippen molar-refractivity contribution in [3.8, 4) is 0 Å². The molecule has 1 nitrogen and oxygen atoms in total. The first-order valence-electron chi connectivity index (χ1n) is 5.30. The summed E-state index contributed by atoms with van der Waals surface area (Å²) in [6.45, 7) is 0. The van der Waals surface area contributed by atoms with Crippen molar-refractivity contribution in [3.63, 3.8) is 0 Å². The smallest absolute Gasteiger partial charge is 0.137 e. The molecule has 1 unspecified atom stereocenters. The van der Waals surface area contributed by atoms with Crippen molar-refractivity contribution in [2.75, 3.05) is 0 Å². The van der Waals surface area contributed by atoms with E-state index in [2.05, 4.69) is 15.9 Å². The minimum Gasteiger partial charge on any atom is -0.388 e. The molecule has 0 heterocycles. The van der Waals surface area contributed by atoms with E-state index in [0.29, 0.717) is 10.0 Å². The quantitative estimate of drug-likeness (QED) is 0.884. The lowest BCUT2D eigenvalue weighted by molar-refractivity contribution is 0.162. The van der Waals surface area contributed by atoms with E-state index in [0.717, 1.165) is 18.8 Å². The van der Waals surface area contributed by atoms with Gasteiger partial charge in [-0.25, -0.2) is 4.39 Å². The van der Waals surface area contributed by atoms with Crippen LogP contribution in [0.25, 0.3) is 0 Å². The topological polar surface area (TPSA) is 20.2 Å². The number of aliphatic hydroxyl groups is 1. The highest BCUT2D eigenvalue weighted by atomic mass is 79.9. The molecule has 0 radical (unpaired) electrons. The van der Waals surface area contributed by atoms with Crippen molar-refractivity contribution in [2.45, 2.75) is 31.8 Å². The molecular formula is C12H14BrFO. The second-order valence-electron chi connectivity index (χ2n) is 4.21. The number of benzene rings is 1. The summed E-state index contributed by atoms with van der Waals surface area (Å²) in [7, 11) is 0. The molecule has 1 aliphatic carbocycles. The van der Waals surface area contributed by atoms with Crippen LogP contribution in [-0.2, 0) is 0 Å². The summed E-state index contributed by atoms with van der Waals surface area (Å²) in [6.07, 6.45) is 3.86. The van der Waals surface area contributed by atoms with Gasteiger partial charge in [0.05, 0.1) is 10.6 Å². The molecule has 0 aromatic heterocycles. The van der Waals surface area contributed by atoms with Crippen LogP contribution in [0.2, 0.25) is 0 Å². The lowest BCUT2D eigenvalue weighted by atomic mass is 10.0. The predicted octanol–water partition coefficient (Wildman–Crippen LogP) is 3.81. The zero-order chi connectivity index (χ0) is 10.8. The van der Waals surface area contributed by atoms with Gasteiger partial charge >= 0.3 is 0 Å². The van der Waals surface area contributed by atoms with Crippen molar-refractivity contribution in [1.29, 1.82) is 0 Å². The molecule has 3 heteroatoms. The first-order valence-corrected chi connectivity index (χ1v) is 6.09. The van der Waals surface area contributed by atoms with Gasteiger partial charge in [-0.2, -0.15) is 0 Å². The van der Waals surface area contributed by atoms with Gasteiger partial charge in [0.2, 0.25) is 0 Å². The average Bonchev–Trinajstić information content (AvgIpc) is 3.02. The minimum atomic E-state index is -0.520.